The lowest BCUT2D eigenvalue weighted by Gasteiger charge is -2.19. The predicted molar refractivity (Wildman–Crippen MR) is 94.8 cm³/mol. The Balaban J connectivity index is 2.32. The zero-order chi connectivity index (χ0) is 18.6. The third-order valence-corrected chi connectivity index (χ3v) is 5.05. The van der Waals surface area contributed by atoms with E-state index in [2.05, 4.69) is 0 Å². The Morgan fingerprint density at radius 3 is 2.12 bits per heavy atom. The van der Waals surface area contributed by atoms with Gasteiger partial charge in [-0.2, -0.15) is 0 Å². The van der Waals surface area contributed by atoms with E-state index in [4.69, 9.17) is 23.2 Å². The number of aromatic nitrogens is 2. The molecule has 1 atom stereocenters. The average molecular weight is 383 g/mol. The number of rotatable bonds is 2. The van der Waals surface area contributed by atoms with Crippen LogP contribution in [0.15, 0.2) is 23.0 Å². The number of carbonyl (C=O) groups excluding carboxylic acids is 2. The van der Waals surface area contributed by atoms with Gasteiger partial charge in [0, 0.05) is 38.8 Å². The summed E-state index contributed by atoms with van der Waals surface area (Å²) in [5, 5.41) is 0.808. The van der Waals surface area contributed by atoms with Gasteiger partial charge < -0.3 is 4.90 Å². The minimum Gasteiger partial charge on any atom is -0.310 e. The molecule has 3 amide bonds. The van der Waals surface area contributed by atoms with Gasteiger partial charge in [-0.1, -0.05) is 23.2 Å². The van der Waals surface area contributed by atoms with Crippen LogP contribution in [-0.2, 0) is 18.9 Å². The maximum absolute atomic E-state index is 12.6. The minimum atomic E-state index is -0.904. The quantitative estimate of drug-likeness (QED) is 0.748. The largest absolute Gasteiger partial charge is 0.328 e. The van der Waals surface area contributed by atoms with E-state index in [-0.39, 0.29) is 5.69 Å². The van der Waals surface area contributed by atoms with Crippen LogP contribution in [-0.4, -0.2) is 45.0 Å². The van der Waals surface area contributed by atoms with E-state index in [9.17, 15) is 14.4 Å². The van der Waals surface area contributed by atoms with Crippen LogP contribution in [0.25, 0.3) is 11.3 Å². The summed E-state index contributed by atoms with van der Waals surface area (Å²) in [6, 6.07) is 3.57. The predicted octanol–water partition coefficient (Wildman–Crippen LogP) is 2.26. The third kappa shape index (κ3) is 2.46. The fourth-order valence-corrected chi connectivity index (χ4v) is 3.66. The van der Waals surface area contributed by atoms with E-state index in [1.54, 1.807) is 32.3 Å². The normalized spacial score (nSPS) is 17.8. The van der Waals surface area contributed by atoms with E-state index in [0.717, 1.165) is 4.90 Å². The first-order chi connectivity index (χ1) is 11.7. The highest BCUT2D eigenvalue weighted by Crippen LogP contribution is 2.38. The molecule has 0 N–H and O–H groups in total. The Hall–Kier alpha value is -2.25. The molecule has 7 nitrogen and oxygen atoms in total. The molecule has 1 fully saturated rings. The van der Waals surface area contributed by atoms with E-state index in [1.165, 1.54) is 28.1 Å². The van der Waals surface area contributed by atoms with Crippen molar-refractivity contribution in [1.29, 1.82) is 0 Å². The minimum absolute atomic E-state index is 0.320. The van der Waals surface area contributed by atoms with Crippen molar-refractivity contribution in [2.75, 3.05) is 14.1 Å². The number of urea groups is 1. The molecule has 0 bridgehead atoms. The van der Waals surface area contributed by atoms with Crippen LogP contribution in [0.2, 0.25) is 10.0 Å². The molecule has 0 saturated carbocycles. The van der Waals surface area contributed by atoms with Gasteiger partial charge >= 0.3 is 11.7 Å². The van der Waals surface area contributed by atoms with Crippen molar-refractivity contribution < 1.29 is 9.59 Å². The molecule has 3 rings (SSSR count). The molecule has 1 unspecified atom stereocenters. The number of hydrogen-bond acceptors (Lipinski definition) is 3. The number of benzene rings is 1. The second-order valence-electron chi connectivity index (χ2n) is 5.95. The Morgan fingerprint density at radius 1 is 0.960 bits per heavy atom. The first-order valence-corrected chi connectivity index (χ1v) is 8.17. The highest BCUT2D eigenvalue weighted by molar-refractivity contribution is 6.36. The SMILES string of the molecule is CN1C(=O)C(c2c(-c3ccc(Cl)cc3Cl)n(C)c(=O)n2C)N(C)C1=O. The van der Waals surface area contributed by atoms with E-state index < -0.39 is 18.0 Å². The molecule has 1 saturated heterocycles. The Kier molecular flexibility index (Phi) is 4.17. The van der Waals surface area contributed by atoms with Crippen LogP contribution in [0.3, 0.4) is 0 Å². The number of imide groups is 1. The Morgan fingerprint density at radius 2 is 1.60 bits per heavy atom. The molecular weight excluding hydrogens is 367 g/mol. The van der Waals surface area contributed by atoms with Crippen LogP contribution in [0.4, 0.5) is 4.79 Å². The summed E-state index contributed by atoms with van der Waals surface area (Å²) in [5.41, 5.74) is 1.12. The van der Waals surface area contributed by atoms with Crippen LogP contribution in [0.5, 0.6) is 0 Å². The van der Waals surface area contributed by atoms with Gasteiger partial charge in [-0.3, -0.25) is 18.8 Å². The van der Waals surface area contributed by atoms with Gasteiger partial charge in [-0.25, -0.2) is 9.59 Å². The van der Waals surface area contributed by atoms with Crippen molar-refractivity contribution in [3.8, 4) is 11.3 Å². The molecule has 1 aromatic carbocycles. The molecule has 2 aromatic rings. The summed E-state index contributed by atoms with van der Waals surface area (Å²) < 4.78 is 2.78. The topological polar surface area (TPSA) is 67.6 Å². The zero-order valence-electron chi connectivity index (χ0n) is 14.1. The number of nitrogens with zero attached hydrogens (tertiary/aromatic N) is 4. The number of imidazole rings is 1. The molecule has 0 aliphatic carbocycles. The van der Waals surface area contributed by atoms with Gasteiger partial charge in [0.25, 0.3) is 5.91 Å². The standard InChI is InChI=1S/C16H16Cl2N4O3/c1-19-11(9-6-5-8(17)7-10(9)18)12(20(2)15(19)24)13-14(23)22(4)16(25)21(13)3/h5-7,13H,1-4H3. The van der Waals surface area contributed by atoms with Gasteiger partial charge in [0.15, 0.2) is 6.04 Å². The summed E-state index contributed by atoms with van der Waals surface area (Å²) in [5.74, 6) is -0.403. The highest BCUT2D eigenvalue weighted by Gasteiger charge is 2.45. The lowest BCUT2D eigenvalue weighted by Crippen LogP contribution is -2.28. The molecular formula is C16H16Cl2N4O3. The van der Waals surface area contributed by atoms with Crippen molar-refractivity contribution in [1.82, 2.24) is 18.9 Å². The zero-order valence-corrected chi connectivity index (χ0v) is 15.6. The van der Waals surface area contributed by atoms with Crippen molar-refractivity contribution in [3.05, 3.63) is 44.4 Å². The molecule has 132 valence electrons. The van der Waals surface area contributed by atoms with Crippen LogP contribution < -0.4 is 5.69 Å². The smallest absolute Gasteiger partial charge is 0.310 e. The Labute approximate surface area is 153 Å². The second kappa shape index (κ2) is 5.93. The van der Waals surface area contributed by atoms with E-state index in [0.29, 0.717) is 27.0 Å². The molecule has 9 heteroatoms. The number of carbonyl (C=O) groups is 2. The molecule has 2 heterocycles. The van der Waals surface area contributed by atoms with E-state index in [1.807, 2.05) is 0 Å². The monoisotopic (exact) mass is 382 g/mol. The van der Waals surface area contributed by atoms with Crippen molar-refractivity contribution in [2.24, 2.45) is 14.1 Å². The summed E-state index contributed by atoms with van der Waals surface area (Å²) in [7, 11) is 6.10. The van der Waals surface area contributed by atoms with Gasteiger partial charge in [-0.05, 0) is 18.2 Å². The Bertz CT molecular complexity index is 963. The fourth-order valence-electron chi connectivity index (χ4n) is 3.16. The van der Waals surface area contributed by atoms with Crippen molar-refractivity contribution in [3.63, 3.8) is 0 Å². The lowest BCUT2D eigenvalue weighted by atomic mass is 10.0. The van der Waals surface area contributed by atoms with Crippen LogP contribution in [0, 0.1) is 0 Å². The maximum atomic E-state index is 12.6. The first kappa shape index (κ1) is 17.6. The summed E-state index contributed by atoms with van der Waals surface area (Å²) in [6.45, 7) is 0. The number of likely N-dealkylation sites (N-methyl/N-ethyl adjacent to an activating group) is 2. The van der Waals surface area contributed by atoms with Gasteiger partial charge in [0.2, 0.25) is 0 Å². The first-order valence-electron chi connectivity index (χ1n) is 7.42. The highest BCUT2D eigenvalue weighted by atomic mass is 35.5. The van der Waals surface area contributed by atoms with Gasteiger partial charge in [0.1, 0.15) is 0 Å². The van der Waals surface area contributed by atoms with Gasteiger partial charge in [0.05, 0.1) is 16.4 Å². The lowest BCUT2D eigenvalue weighted by molar-refractivity contribution is -0.127. The number of amides is 3. The number of hydrogen-bond donors (Lipinski definition) is 0. The van der Waals surface area contributed by atoms with Crippen molar-refractivity contribution in [2.45, 2.75) is 6.04 Å². The van der Waals surface area contributed by atoms with Crippen LogP contribution in [0.1, 0.15) is 11.7 Å². The molecule has 0 spiro atoms. The molecule has 1 aromatic heterocycles. The third-order valence-electron chi connectivity index (χ3n) is 4.50. The van der Waals surface area contributed by atoms with Gasteiger partial charge in [-0.15, -0.1) is 0 Å². The number of halogens is 2. The second-order valence-corrected chi connectivity index (χ2v) is 6.80. The maximum Gasteiger partial charge on any atom is 0.328 e. The molecule has 0 radical (unpaired) electrons. The molecule has 1 aliphatic heterocycles. The fraction of sp³-hybridized carbons (Fsp3) is 0.312. The summed E-state index contributed by atoms with van der Waals surface area (Å²) >= 11 is 12.3. The summed E-state index contributed by atoms with van der Waals surface area (Å²) in [4.78, 5) is 39.6. The molecule has 25 heavy (non-hydrogen) atoms. The van der Waals surface area contributed by atoms with Crippen molar-refractivity contribution >= 4 is 35.1 Å². The average Bonchev–Trinajstić information content (AvgIpc) is 2.88. The molecule has 1 aliphatic rings. The van der Waals surface area contributed by atoms with Crippen LogP contribution >= 0.6 is 23.2 Å². The summed E-state index contributed by atoms with van der Waals surface area (Å²) in [6.07, 6.45) is 0. The van der Waals surface area contributed by atoms with E-state index >= 15 is 0 Å².